The quantitative estimate of drug-likeness (QED) is 0.0637. The summed E-state index contributed by atoms with van der Waals surface area (Å²) < 4.78 is 226. The highest BCUT2D eigenvalue weighted by molar-refractivity contribution is 6.63. The standard InChI is InChI=1S/C26H4BF15O2/c28-6-2-1-5(13(31)14(6)32)27(43-25-8(30)4-3-7(29)15(25)33)44-26-12-11(20(38)23(41)24(26)42)16(34)9-10(17(12)35)19(37)22(40)21(39)18(9)36/h1-4H. The van der Waals surface area contributed by atoms with Gasteiger partial charge in [-0.2, -0.15) is 8.78 Å². The highest BCUT2D eigenvalue weighted by Crippen LogP contribution is 2.43. The van der Waals surface area contributed by atoms with Crippen LogP contribution in [0.3, 0.4) is 0 Å². The van der Waals surface area contributed by atoms with Gasteiger partial charge in [0.25, 0.3) is 0 Å². The smallest absolute Gasteiger partial charge is 0.519 e. The molecule has 0 amide bonds. The number of hydrogen-bond acceptors (Lipinski definition) is 2. The van der Waals surface area contributed by atoms with E-state index >= 15 is 13.2 Å². The van der Waals surface area contributed by atoms with Crippen LogP contribution < -0.4 is 14.8 Å². The third kappa shape index (κ3) is 4.41. The molecular formula is C26H4BF15O2. The zero-order chi connectivity index (χ0) is 32.5. The van der Waals surface area contributed by atoms with E-state index in [-0.39, 0.29) is 24.3 Å². The molecule has 0 N–H and O–H groups in total. The molecule has 0 unspecified atom stereocenters. The Kier molecular flexibility index (Phi) is 7.49. The Bertz CT molecular complexity index is 2050. The predicted molar refractivity (Wildman–Crippen MR) is 120 cm³/mol. The normalized spacial score (nSPS) is 11.5. The molecule has 0 saturated carbocycles. The van der Waals surface area contributed by atoms with Crippen molar-refractivity contribution in [2.24, 2.45) is 0 Å². The third-order valence-electron chi connectivity index (χ3n) is 6.20. The Morgan fingerprint density at radius 2 is 0.727 bits per heavy atom. The summed E-state index contributed by atoms with van der Waals surface area (Å²) in [4.78, 5) is 0. The van der Waals surface area contributed by atoms with Gasteiger partial charge in [-0.15, -0.1) is 0 Å². The van der Waals surface area contributed by atoms with Gasteiger partial charge in [0, 0.05) is 0 Å². The number of rotatable bonds is 5. The van der Waals surface area contributed by atoms with Gasteiger partial charge in [0.15, 0.2) is 75.5 Å². The lowest BCUT2D eigenvalue weighted by atomic mass is 9.77. The van der Waals surface area contributed by atoms with Crippen molar-refractivity contribution in [2.75, 3.05) is 0 Å². The fraction of sp³-hybridized carbons (Fsp3) is 0. The molecule has 0 heterocycles. The van der Waals surface area contributed by atoms with E-state index in [9.17, 15) is 52.7 Å². The Labute approximate surface area is 233 Å². The van der Waals surface area contributed by atoms with Crippen LogP contribution in [-0.4, -0.2) is 7.12 Å². The summed E-state index contributed by atoms with van der Waals surface area (Å²) in [5.41, 5.74) is -1.52. The van der Waals surface area contributed by atoms with Gasteiger partial charge in [0.05, 0.1) is 27.0 Å². The van der Waals surface area contributed by atoms with E-state index in [0.717, 1.165) is 0 Å². The number of halogens is 15. The maximum Gasteiger partial charge on any atom is 0.636 e. The number of fused-ring (bicyclic) bond motifs is 2. The fourth-order valence-corrected chi connectivity index (χ4v) is 4.16. The first-order chi connectivity index (χ1) is 20.6. The molecule has 44 heavy (non-hydrogen) atoms. The summed E-state index contributed by atoms with van der Waals surface area (Å²) in [5, 5.41) is -8.51. The van der Waals surface area contributed by atoms with Gasteiger partial charge in [-0.3, -0.25) is 0 Å². The molecule has 5 aromatic rings. The van der Waals surface area contributed by atoms with Crippen LogP contribution in [-0.2, 0) is 0 Å². The van der Waals surface area contributed by atoms with E-state index in [4.69, 9.17) is 4.65 Å². The highest BCUT2D eigenvalue weighted by atomic mass is 19.2. The van der Waals surface area contributed by atoms with Crippen LogP contribution in [0.5, 0.6) is 11.5 Å². The monoisotopic (exact) mass is 644 g/mol. The maximum absolute atomic E-state index is 15.6. The van der Waals surface area contributed by atoms with E-state index < -0.39 is 133 Å². The Hall–Kier alpha value is -4.77. The Morgan fingerprint density at radius 1 is 0.318 bits per heavy atom. The molecule has 0 aliphatic carbocycles. The first kappa shape index (κ1) is 30.7. The predicted octanol–water partition coefficient (Wildman–Crippen LogP) is 7.93. The summed E-state index contributed by atoms with van der Waals surface area (Å²) in [6, 6.07) is 0.723. The largest absolute Gasteiger partial charge is 0.636 e. The van der Waals surface area contributed by atoms with Gasteiger partial charge < -0.3 is 9.31 Å². The van der Waals surface area contributed by atoms with Crippen LogP contribution in [0.2, 0.25) is 0 Å². The van der Waals surface area contributed by atoms with Crippen molar-refractivity contribution < 1.29 is 75.2 Å². The van der Waals surface area contributed by atoms with Crippen molar-refractivity contribution in [3.8, 4) is 11.5 Å². The molecule has 228 valence electrons. The molecule has 0 aromatic heterocycles. The topological polar surface area (TPSA) is 18.5 Å². The van der Waals surface area contributed by atoms with Crippen LogP contribution in [0.1, 0.15) is 0 Å². The van der Waals surface area contributed by atoms with E-state index in [1.165, 1.54) is 0 Å². The van der Waals surface area contributed by atoms with E-state index in [0.29, 0.717) is 0 Å². The van der Waals surface area contributed by atoms with Crippen molar-refractivity contribution in [1.82, 2.24) is 0 Å². The van der Waals surface area contributed by atoms with E-state index in [2.05, 4.69) is 4.65 Å². The van der Waals surface area contributed by atoms with Crippen molar-refractivity contribution in [2.45, 2.75) is 0 Å². The van der Waals surface area contributed by atoms with Gasteiger partial charge in [0.1, 0.15) is 11.6 Å². The SMILES string of the molecule is Fc1ccc(B(Oc2c(F)ccc(F)c2F)Oc2c(F)c(F)c(F)c3c(F)c4c(F)c(F)c(F)c(F)c4c(F)c23)c(F)c1F. The van der Waals surface area contributed by atoms with Gasteiger partial charge >= 0.3 is 7.12 Å². The minimum Gasteiger partial charge on any atom is -0.519 e. The van der Waals surface area contributed by atoms with Gasteiger partial charge in [-0.1, -0.05) is 6.07 Å². The summed E-state index contributed by atoms with van der Waals surface area (Å²) in [6.07, 6.45) is 0. The second-order valence-electron chi connectivity index (χ2n) is 8.66. The molecule has 2 nitrogen and oxygen atoms in total. The molecule has 0 bridgehead atoms. The summed E-state index contributed by atoms with van der Waals surface area (Å²) in [6.45, 7) is 0. The van der Waals surface area contributed by atoms with Crippen LogP contribution in [0.25, 0.3) is 21.5 Å². The Balaban J connectivity index is 1.88. The maximum atomic E-state index is 15.6. The lowest BCUT2D eigenvalue weighted by molar-refractivity contribution is 0.365. The minimum absolute atomic E-state index is 0.120. The molecule has 0 fully saturated rings. The highest BCUT2D eigenvalue weighted by Gasteiger charge is 2.39. The van der Waals surface area contributed by atoms with Crippen molar-refractivity contribution in [1.29, 1.82) is 0 Å². The zero-order valence-electron chi connectivity index (χ0n) is 20.4. The van der Waals surface area contributed by atoms with Crippen molar-refractivity contribution in [3.63, 3.8) is 0 Å². The van der Waals surface area contributed by atoms with Crippen LogP contribution in [0.4, 0.5) is 65.9 Å². The summed E-state index contributed by atoms with van der Waals surface area (Å²) in [5.74, 6) is -40.7. The second-order valence-corrected chi connectivity index (χ2v) is 8.66. The second kappa shape index (κ2) is 10.7. The van der Waals surface area contributed by atoms with Crippen LogP contribution >= 0.6 is 0 Å². The molecule has 5 rings (SSSR count). The fourth-order valence-electron chi connectivity index (χ4n) is 4.16. The lowest BCUT2D eigenvalue weighted by Gasteiger charge is -2.21. The van der Waals surface area contributed by atoms with Crippen molar-refractivity contribution in [3.05, 3.63) is 112 Å². The lowest BCUT2D eigenvalue weighted by Crippen LogP contribution is -2.46. The summed E-state index contributed by atoms with van der Waals surface area (Å²) in [7, 11) is -3.16. The minimum atomic E-state index is -3.16. The van der Waals surface area contributed by atoms with Crippen LogP contribution in [0, 0.1) is 87.3 Å². The zero-order valence-corrected chi connectivity index (χ0v) is 20.4. The first-order valence-corrected chi connectivity index (χ1v) is 11.3. The number of benzene rings is 5. The molecular weight excluding hydrogens is 640 g/mol. The Morgan fingerprint density at radius 3 is 1.30 bits per heavy atom. The number of hydrogen-bond donors (Lipinski definition) is 0. The van der Waals surface area contributed by atoms with Gasteiger partial charge in [-0.05, 0) is 18.2 Å². The van der Waals surface area contributed by atoms with Gasteiger partial charge in [0.2, 0.25) is 11.6 Å². The molecule has 18 heteroatoms. The first-order valence-electron chi connectivity index (χ1n) is 11.3. The molecule has 0 aliphatic heterocycles. The molecule has 0 spiro atoms. The van der Waals surface area contributed by atoms with Crippen molar-refractivity contribution >= 4 is 34.1 Å². The molecule has 0 radical (unpaired) electrons. The molecule has 0 atom stereocenters. The van der Waals surface area contributed by atoms with Crippen LogP contribution in [0.15, 0.2) is 24.3 Å². The molecule has 5 aromatic carbocycles. The third-order valence-corrected chi connectivity index (χ3v) is 6.20. The summed E-state index contributed by atoms with van der Waals surface area (Å²) >= 11 is 0. The van der Waals surface area contributed by atoms with Gasteiger partial charge in [-0.25, -0.2) is 57.1 Å². The molecule has 0 saturated heterocycles. The van der Waals surface area contributed by atoms with E-state index in [1.807, 2.05) is 0 Å². The van der Waals surface area contributed by atoms with E-state index in [1.54, 1.807) is 0 Å². The average molecular weight is 644 g/mol. The average Bonchev–Trinajstić information content (AvgIpc) is 2.99. The molecule has 0 aliphatic rings.